The number of nitrogens with zero attached hydrogens (tertiary/aromatic N) is 2. The molecular formula is C25H34N4O3. The molecule has 0 spiro atoms. The summed E-state index contributed by atoms with van der Waals surface area (Å²) in [4.78, 5) is 30.3. The molecule has 0 bridgehead atoms. The van der Waals surface area contributed by atoms with E-state index in [1.807, 2.05) is 12.1 Å². The lowest BCUT2D eigenvalue weighted by Crippen LogP contribution is -2.35. The molecule has 0 saturated carbocycles. The first-order chi connectivity index (χ1) is 15.5. The van der Waals surface area contributed by atoms with Crippen LogP contribution in [0.5, 0.6) is 5.75 Å². The van der Waals surface area contributed by atoms with Crippen molar-refractivity contribution >= 4 is 23.2 Å². The van der Waals surface area contributed by atoms with Gasteiger partial charge >= 0.3 is 0 Å². The Balaban J connectivity index is 1.77. The van der Waals surface area contributed by atoms with E-state index >= 15 is 0 Å². The topological polar surface area (TPSA) is 73.9 Å². The number of benzene rings is 2. The lowest BCUT2D eigenvalue weighted by atomic mass is 10.1. The fourth-order valence-corrected chi connectivity index (χ4v) is 3.96. The van der Waals surface area contributed by atoms with Gasteiger partial charge in [0.05, 0.1) is 12.7 Å². The van der Waals surface area contributed by atoms with Gasteiger partial charge in [-0.1, -0.05) is 19.9 Å². The Bertz CT molecular complexity index is 921. The number of ether oxygens (including phenoxy) is 1. The molecule has 3 rings (SSSR count). The van der Waals surface area contributed by atoms with Crippen molar-refractivity contribution in [3.8, 4) is 5.75 Å². The number of hydrogen-bond donors (Lipinski definition) is 2. The molecule has 7 nitrogen and oxygen atoms in total. The van der Waals surface area contributed by atoms with E-state index in [9.17, 15) is 9.59 Å². The van der Waals surface area contributed by atoms with Crippen LogP contribution in [-0.2, 0) is 0 Å². The van der Waals surface area contributed by atoms with E-state index < -0.39 is 0 Å². The second kappa shape index (κ2) is 11.5. The molecule has 0 aliphatic carbocycles. The number of amides is 2. The van der Waals surface area contributed by atoms with Crippen LogP contribution in [0.4, 0.5) is 11.4 Å². The van der Waals surface area contributed by atoms with Gasteiger partial charge in [0, 0.05) is 43.1 Å². The van der Waals surface area contributed by atoms with Crippen molar-refractivity contribution in [2.75, 3.05) is 56.6 Å². The van der Waals surface area contributed by atoms with Crippen molar-refractivity contribution in [3.63, 3.8) is 0 Å². The van der Waals surface area contributed by atoms with Gasteiger partial charge in [0.15, 0.2) is 0 Å². The average Bonchev–Trinajstić information content (AvgIpc) is 3.36. The first-order valence-electron chi connectivity index (χ1n) is 11.4. The van der Waals surface area contributed by atoms with E-state index in [-0.39, 0.29) is 11.8 Å². The van der Waals surface area contributed by atoms with Gasteiger partial charge in [-0.2, -0.15) is 0 Å². The number of methoxy groups -OCH3 is 1. The van der Waals surface area contributed by atoms with Crippen molar-refractivity contribution < 1.29 is 14.3 Å². The Morgan fingerprint density at radius 1 is 1.03 bits per heavy atom. The maximum absolute atomic E-state index is 13.1. The largest absolute Gasteiger partial charge is 0.497 e. The number of carbonyl (C=O) groups excluding carboxylic acids is 2. The van der Waals surface area contributed by atoms with Crippen LogP contribution < -0.4 is 20.3 Å². The molecule has 1 aliphatic heterocycles. The molecular weight excluding hydrogens is 404 g/mol. The van der Waals surface area contributed by atoms with E-state index in [0.717, 1.165) is 51.3 Å². The summed E-state index contributed by atoms with van der Waals surface area (Å²) < 4.78 is 5.21. The first kappa shape index (κ1) is 23.6. The summed E-state index contributed by atoms with van der Waals surface area (Å²) in [5, 5.41) is 5.97. The lowest BCUT2D eigenvalue weighted by Gasteiger charge is -2.23. The summed E-state index contributed by atoms with van der Waals surface area (Å²) >= 11 is 0. The first-order valence-corrected chi connectivity index (χ1v) is 11.4. The zero-order valence-corrected chi connectivity index (χ0v) is 19.3. The van der Waals surface area contributed by atoms with Gasteiger partial charge in [0.2, 0.25) is 0 Å². The second-order valence-corrected chi connectivity index (χ2v) is 7.89. The molecule has 172 valence electrons. The van der Waals surface area contributed by atoms with Crippen LogP contribution in [-0.4, -0.2) is 63.1 Å². The summed E-state index contributed by atoms with van der Waals surface area (Å²) in [5.74, 6) is 0.262. The van der Waals surface area contributed by atoms with Crippen molar-refractivity contribution in [3.05, 3.63) is 53.6 Å². The Hall–Kier alpha value is -3.06. The number of anilines is 2. The van der Waals surface area contributed by atoms with Gasteiger partial charge in [-0.05, 0) is 62.3 Å². The summed E-state index contributed by atoms with van der Waals surface area (Å²) in [5.41, 5.74) is 2.60. The zero-order chi connectivity index (χ0) is 22.9. The number of rotatable bonds is 10. The number of carbonyl (C=O) groups is 2. The molecule has 1 heterocycles. The Morgan fingerprint density at radius 3 is 2.47 bits per heavy atom. The monoisotopic (exact) mass is 438 g/mol. The maximum atomic E-state index is 13.1. The normalized spacial score (nSPS) is 13.3. The van der Waals surface area contributed by atoms with E-state index in [4.69, 9.17) is 4.74 Å². The van der Waals surface area contributed by atoms with Crippen molar-refractivity contribution in [1.82, 2.24) is 10.2 Å². The van der Waals surface area contributed by atoms with Gasteiger partial charge in [-0.25, -0.2) is 0 Å². The van der Waals surface area contributed by atoms with Gasteiger partial charge < -0.3 is 25.2 Å². The highest BCUT2D eigenvalue weighted by Gasteiger charge is 2.21. The summed E-state index contributed by atoms with van der Waals surface area (Å²) in [7, 11) is 1.57. The fraction of sp³-hybridized carbons (Fsp3) is 0.440. The van der Waals surface area contributed by atoms with Crippen LogP contribution in [0.3, 0.4) is 0 Å². The van der Waals surface area contributed by atoms with E-state index in [1.54, 1.807) is 37.4 Å². The van der Waals surface area contributed by atoms with Crippen LogP contribution in [0, 0.1) is 0 Å². The molecule has 7 heteroatoms. The number of likely N-dealkylation sites (N-methyl/N-ethyl adjacent to an activating group) is 1. The second-order valence-electron chi connectivity index (χ2n) is 7.89. The average molecular weight is 439 g/mol. The molecule has 2 amide bonds. The molecule has 32 heavy (non-hydrogen) atoms. The summed E-state index contributed by atoms with van der Waals surface area (Å²) in [6.07, 6.45) is 2.24. The van der Waals surface area contributed by atoms with E-state index in [0.29, 0.717) is 29.1 Å². The summed E-state index contributed by atoms with van der Waals surface area (Å²) in [6, 6.07) is 12.6. The third-order valence-corrected chi connectivity index (χ3v) is 5.89. The minimum atomic E-state index is -0.245. The minimum Gasteiger partial charge on any atom is -0.497 e. The lowest BCUT2D eigenvalue weighted by molar-refractivity contribution is 0.0948. The van der Waals surface area contributed by atoms with Crippen molar-refractivity contribution in [1.29, 1.82) is 0 Å². The zero-order valence-electron chi connectivity index (χ0n) is 19.3. The fourth-order valence-electron chi connectivity index (χ4n) is 3.96. The highest BCUT2D eigenvalue weighted by Crippen LogP contribution is 2.28. The van der Waals surface area contributed by atoms with Crippen LogP contribution in [0.25, 0.3) is 0 Å². The van der Waals surface area contributed by atoms with E-state index in [2.05, 4.69) is 34.3 Å². The van der Waals surface area contributed by atoms with Gasteiger partial charge in [-0.15, -0.1) is 0 Å². The minimum absolute atomic E-state index is 0.114. The molecule has 1 aliphatic rings. The maximum Gasteiger partial charge on any atom is 0.255 e. The Kier molecular flexibility index (Phi) is 8.50. The highest BCUT2D eigenvalue weighted by molar-refractivity contribution is 6.06. The molecule has 0 aromatic heterocycles. The number of nitrogens with one attached hydrogen (secondary N) is 2. The molecule has 0 atom stereocenters. The predicted octanol–water partition coefficient (Wildman–Crippen LogP) is 3.62. The van der Waals surface area contributed by atoms with Crippen molar-refractivity contribution in [2.24, 2.45) is 0 Å². The Labute approximate surface area is 190 Å². The third kappa shape index (κ3) is 6.01. The smallest absolute Gasteiger partial charge is 0.255 e. The molecule has 1 saturated heterocycles. The van der Waals surface area contributed by atoms with Gasteiger partial charge in [0.1, 0.15) is 5.75 Å². The highest BCUT2D eigenvalue weighted by atomic mass is 16.5. The van der Waals surface area contributed by atoms with Crippen molar-refractivity contribution in [2.45, 2.75) is 26.7 Å². The van der Waals surface area contributed by atoms with Crippen LogP contribution >= 0.6 is 0 Å². The van der Waals surface area contributed by atoms with Crippen LogP contribution in [0.2, 0.25) is 0 Å². The van der Waals surface area contributed by atoms with Gasteiger partial charge in [-0.3, -0.25) is 9.59 Å². The standard InChI is InChI=1S/C25H34N4O3/c1-4-28(5-2)16-13-26-25(31)22-18-20(11-12-23(22)29-14-6-7-15-29)27-24(30)19-9-8-10-21(17-19)32-3/h8-12,17-18H,4-7,13-16H2,1-3H3,(H,26,31)(H,27,30). The van der Waals surface area contributed by atoms with Gasteiger partial charge in [0.25, 0.3) is 11.8 Å². The Morgan fingerprint density at radius 2 is 1.78 bits per heavy atom. The third-order valence-electron chi connectivity index (χ3n) is 5.89. The molecule has 0 radical (unpaired) electrons. The SMILES string of the molecule is CCN(CC)CCNC(=O)c1cc(NC(=O)c2cccc(OC)c2)ccc1N1CCCC1. The molecule has 1 fully saturated rings. The van der Waals surface area contributed by atoms with Crippen LogP contribution in [0.15, 0.2) is 42.5 Å². The number of hydrogen-bond acceptors (Lipinski definition) is 5. The molecule has 2 N–H and O–H groups in total. The predicted molar refractivity (Wildman–Crippen MR) is 129 cm³/mol. The molecule has 2 aromatic carbocycles. The quantitative estimate of drug-likeness (QED) is 0.593. The van der Waals surface area contributed by atoms with Crippen LogP contribution in [0.1, 0.15) is 47.4 Å². The molecule has 2 aromatic rings. The van der Waals surface area contributed by atoms with E-state index in [1.165, 1.54) is 0 Å². The summed E-state index contributed by atoms with van der Waals surface area (Å²) in [6.45, 7) is 9.42. The molecule has 0 unspecified atom stereocenters.